The van der Waals surface area contributed by atoms with Crippen molar-refractivity contribution in [3.8, 4) is 0 Å². The van der Waals surface area contributed by atoms with Gasteiger partial charge in [0.25, 0.3) is 0 Å². The molecule has 1 aromatic heterocycles. The molecule has 0 aliphatic carbocycles. The number of carbonyl (C=O) groups excluding carboxylic acids is 1. The summed E-state index contributed by atoms with van der Waals surface area (Å²) in [5.74, 6) is -0.349. The zero-order valence-electron chi connectivity index (χ0n) is 20.4. The third-order valence-corrected chi connectivity index (χ3v) is 5.93. The first-order chi connectivity index (χ1) is 15.7. The molecule has 7 heteroatoms. The number of allylic oxidation sites excluding steroid dienone is 4. The van der Waals surface area contributed by atoms with Gasteiger partial charge in [0.05, 0.1) is 18.0 Å². The molecule has 0 amide bonds. The minimum absolute atomic E-state index is 0.0359. The van der Waals surface area contributed by atoms with Gasteiger partial charge in [0.2, 0.25) is 0 Å². The van der Waals surface area contributed by atoms with Gasteiger partial charge in [-0.2, -0.15) is 0 Å². The fourth-order valence-corrected chi connectivity index (χ4v) is 3.99. The van der Waals surface area contributed by atoms with Crippen LogP contribution in [0.15, 0.2) is 52.6 Å². The fourth-order valence-electron chi connectivity index (χ4n) is 3.11. The van der Waals surface area contributed by atoms with Crippen molar-refractivity contribution in [1.82, 2.24) is 10.2 Å². The Labute approximate surface area is 201 Å². The molecule has 2 rings (SSSR count). The first-order valence-corrected chi connectivity index (χ1v) is 12.1. The highest BCUT2D eigenvalue weighted by molar-refractivity contribution is 7.13. The summed E-state index contributed by atoms with van der Waals surface area (Å²) in [6.07, 6.45) is 5.94. The van der Waals surface area contributed by atoms with Crippen LogP contribution < -0.4 is 0 Å². The van der Waals surface area contributed by atoms with Gasteiger partial charge in [-0.05, 0) is 51.7 Å². The molecule has 6 nitrogen and oxygen atoms in total. The summed E-state index contributed by atoms with van der Waals surface area (Å²) in [5, 5.41) is 18.5. The van der Waals surface area contributed by atoms with Crippen LogP contribution in [-0.2, 0) is 16.0 Å². The van der Waals surface area contributed by atoms with Gasteiger partial charge < -0.3 is 4.74 Å². The third kappa shape index (κ3) is 8.17. The SMILES string of the molecule is CC=C(CC=C(C)C)Cc1nnc(C(CC(=N)C(=O)OCC)=Nc2ccccc2C(C)C)s1. The molecule has 0 spiro atoms. The highest BCUT2D eigenvalue weighted by Gasteiger charge is 2.19. The lowest BCUT2D eigenvalue weighted by atomic mass is 10.0. The van der Waals surface area contributed by atoms with E-state index in [1.807, 2.05) is 31.2 Å². The van der Waals surface area contributed by atoms with Gasteiger partial charge in [0, 0.05) is 12.8 Å². The number of ether oxygens (including phenoxy) is 1. The number of hydrogen-bond donors (Lipinski definition) is 1. The Hall–Kier alpha value is -2.93. The van der Waals surface area contributed by atoms with Crippen LogP contribution in [-0.4, -0.2) is 34.2 Å². The summed E-state index contributed by atoms with van der Waals surface area (Å²) in [5.41, 5.74) is 4.86. The van der Waals surface area contributed by atoms with Crippen molar-refractivity contribution in [1.29, 1.82) is 5.41 Å². The molecule has 0 aliphatic rings. The third-order valence-electron chi connectivity index (χ3n) is 4.95. The number of nitrogens with one attached hydrogen (secondary N) is 1. The van der Waals surface area contributed by atoms with Crippen LogP contribution in [0.3, 0.4) is 0 Å². The van der Waals surface area contributed by atoms with Gasteiger partial charge >= 0.3 is 5.97 Å². The van der Waals surface area contributed by atoms with Gasteiger partial charge in [-0.25, -0.2) is 9.79 Å². The Morgan fingerprint density at radius 3 is 2.61 bits per heavy atom. The Morgan fingerprint density at radius 1 is 1.24 bits per heavy atom. The molecule has 1 N–H and O–H groups in total. The van der Waals surface area contributed by atoms with Crippen LogP contribution in [0.2, 0.25) is 0 Å². The lowest BCUT2D eigenvalue weighted by molar-refractivity contribution is -0.135. The molecule has 0 fully saturated rings. The molecule has 0 unspecified atom stereocenters. The number of aromatic nitrogens is 2. The number of aliphatic imine (C=N–C) groups is 1. The average molecular weight is 467 g/mol. The molecular formula is C26H34N4O2S. The first-order valence-electron chi connectivity index (χ1n) is 11.3. The molecule has 1 heterocycles. The molecule has 1 aromatic carbocycles. The largest absolute Gasteiger partial charge is 0.462 e. The van der Waals surface area contributed by atoms with E-state index in [1.54, 1.807) is 6.92 Å². The van der Waals surface area contributed by atoms with Crippen molar-refractivity contribution >= 4 is 34.4 Å². The summed E-state index contributed by atoms with van der Waals surface area (Å²) >= 11 is 1.46. The van der Waals surface area contributed by atoms with Gasteiger partial charge in [0.15, 0.2) is 5.01 Å². The normalized spacial score (nSPS) is 12.1. The van der Waals surface area contributed by atoms with Crippen molar-refractivity contribution in [3.63, 3.8) is 0 Å². The standard InChI is InChI=1S/C26H34N4O2S/c1-7-19(14-13-17(3)4)15-24-29-30-25(33-24)23(16-21(27)26(31)32-8-2)28-22-12-10-9-11-20(22)18(5)6/h7,9-13,18,27H,8,14-16H2,1-6H3. The lowest BCUT2D eigenvalue weighted by Gasteiger charge is -2.11. The van der Waals surface area contributed by atoms with Crippen molar-refractivity contribution in [3.05, 3.63) is 63.1 Å². The van der Waals surface area contributed by atoms with Crippen LogP contribution in [0.25, 0.3) is 0 Å². The van der Waals surface area contributed by atoms with Gasteiger partial charge in [-0.15, -0.1) is 10.2 Å². The second-order valence-corrected chi connectivity index (χ2v) is 9.32. The smallest absolute Gasteiger partial charge is 0.352 e. The molecule has 0 atom stereocenters. The van der Waals surface area contributed by atoms with Crippen LogP contribution >= 0.6 is 11.3 Å². The van der Waals surface area contributed by atoms with E-state index >= 15 is 0 Å². The van der Waals surface area contributed by atoms with Crippen molar-refractivity contribution in [2.75, 3.05) is 6.61 Å². The zero-order chi connectivity index (χ0) is 24.4. The molecule has 0 bridgehead atoms. The summed E-state index contributed by atoms with van der Waals surface area (Å²) in [6.45, 7) is 12.4. The van der Waals surface area contributed by atoms with Gasteiger partial charge in [-0.1, -0.05) is 66.7 Å². The van der Waals surface area contributed by atoms with Crippen LogP contribution in [0.4, 0.5) is 5.69 Å². The van der Waals surface area contributed by atoms with Crippen LogP contribution in [0, 0.1) is 5.41 Å². The second-order valence-electron chi connectivity index (χ2n) is 8.26. The predicted octanol–water partition coefficient (Wildman–Crippen LogP) is 6.60. The van der Waals surface area contributed by atoms with E-state index in [2.05, 4.69) is 50.0 Å². The maximum atomic E-state index is 12.1. The Morgan fingerprint density at radius 2 is 1.97 bits per heavy atom. The van der Waals surface area contributed by atoms with E-state index in [0.717, 1.165) is 22.7 Å². The highest BCUT2D eigenvalue weighted by Crippen LogP contribution is 2.28. The quantitative estimate of drug-likeness (QED) is 0.229. The van der Waals surface area contributed by atoms with E-state index in [4.69, 9.17) is 15.1 Å². The van der Waals surface area contributed by atoms with E-state index in [9.17, 15) is 4.79 Å². The summed E-state index contributed by atoms with van der Waals surface area (Å²) in [6, 6.07) is 7.92. The average Bonchev–Trinajstić information content (AvgIpc) is 3.24. The maximum absolute atomic E-state index is 12.1. The number of hydrogen-bond acceptors (Lipinski definition) is 7. The van der Waals surface area contributed by atoms with Crippen LogP contribution in [0.1, 0.15) is 75.9 Å². The maximum Gasteiger partial charge on any atom is 0.352 e. The minimum Gasteiger partial charge on any atom is -0.462 e. The number of carbonyl (C=O) groups is 1. The number of esters is 1. The number of para-hydroxylation sites is 1. The number of rotatable bonds is 11. The van der Waals surface area contributed by atoms with E-state index in [1.165, 1.54) is 22.5 Å². The summed E-state index contributed by atoms with van der Waals surface area (Å²) in [7, 11) is 0. The van der Waals surface area contributed by atoms with Crippen molar-refractivity contribution in [2.45, 2.75) is 66.7 Å². The van der Waals surface area contributed by atoms with E-state index < -0.39 is 5.97 Å². The monoisotopic (exact) mass is 466 g/mol. The molecule has 0 saturated heterocycles. The number of nitrogens with zero attached hydrogens (tertiary/aromatic N) is 3. The molecule has 33 heavy (non-hydrogen) atoms. The van der Waals surface area contributed by atoms with Gasteiger partial charge in [-0.3, -0.25) is 5.41 Å². The Kier molecular flexibility index (Phi) is 10.3. The zero-order valence-corrected chi connectivity index (χ0v) is 21.3. The molecule has 2 aromatic rings. The predicted molar refractivity (Wildman–Crippen MR) is 137 cm³/mol. The van der Waals surface area contributed by atoms with Gasteiger partial charge in [0.1, 0.15) is 10.7 Å². The summed E-state index contributed by atoms with van der Waals surface area (Å²) < 4.78 is 5.01. The first kappa shape index (κ1) is 26.3. The lowest BCUT2D eigenvalue weighted by Crippen LogP contribution is -2.20. The van der Waals surface area contributed by atoms with Crippen molar-refractivity contribution in [2.24, 2.45) is 4.99 Å². The van der Waals surface area contributed by atoms with E-state index in [-0.39, 0.29) is 24.7 Å². The van der Waals surface area contributed by atoms with Crippen LogP contribution in [0.5, 0.6) is 0 Å². The molecular weight excluding hydrogens is 432 g/mol. The summed E-state index contributed by atoms with van der Waals surface area (Å²) in [4.78, 5) is 17.0. The highest BCUT2D eigenvalue weighted by atomic mass is 32.1. The van der Waals surface area contributed by atoms with Crippen molar-refractivity contribution < 1.29 is 9.53 Å². The van der Waals surface area contributed by atoms with E-state index in [0.29, 0.717) is 17.1 Å². The number of benzene rings is 1. The minimum atomic E-state index is -0.634. The molecule has 0 radical (unpaired) electrons. The molecule has 176 valence electrons. The topological polar surface area (TPSA) is 88.3 Å². The fraction of sp³-hybridized carbons (Fsp3) is 0.423. The molecule has 0 aliphatic heterocycles. The Balaban J connectivity index is 2.40. The Bertz CT molecular complexity index is 1060. The molecule has 0 saturated carbocycles. The second kappa shape index (κ2) is 12.9.